The molecule has 0 aliphatic carbocycles. The molecule has 3 aromatic rings. The van der Waals surface area contributed by atoms with Crippen LogP contribution in [0.25, 0.3) is 5.76 Å². The molecule has 1 aliphatic heterocycles. The number of aliphatic hydroxyl groups is 1. The van der Waals surface area contributed by atoms with Gasteiger partial charge in [-0.25, -0.2) is 4.98 Å². The average molecular weight is 535 g/mol. The second kappa shape index (κ2) is 10.7. The molecular weight excluding hydrogens is 513 g/mol. The number of Topliss-reactive ketones (excluding diaryl/α,β-unsaturated/α-hetero) is 1. The van der Waals surface area contributed by atoms with Gasteiger partial charge in [-0.15, -0.1) is 0 Å². The van der Waals surface area contributed by atoms with E-state index in [4.69, 9.17) is 39.5 Å². The number of benzene rings is 2. The summed E-state index contributed by atoms with van der Waals surface area (Å²) in [5.74, 6) is -1.37. The van der Waals surface area contributed by atoms with Gasteiger partial charge < -0.3 is 19.3 Å². The summed E-state index contributed by atoms with van der Waals surface area (Å²) in [7, 11) is 0. The van der Waals surface area contributed by atoms with Crippen molar-refractivity contribution in [1.82, 2.24) is 14.5 Å². The molecule has 0 bridgehead atoms. The number of aliphatic hydroxyl groups excluding tert-OH is 1. The van der Waals surface area contributed by atoms with Crippen LogP contribution < -0.4 is 4.74 Å². The standard InChI is InChI=1S/C25H22Cl3N3O4/c1-2-35-20-7-5-16(13-19(20)28)23(32)21-22(15-4-6-17(26)18(27)12-15)31(25(34)24(21)33)10-3-9-30-11-8-29-14-30/h4-8,11-14,22,32H,2-3,9-10H2,1H3/t22-/m0/s1. The molecule has 0 unspecified atom stereocenters. The Morgan fingerprint density at radius 2 is 1.86 bits per heavy atom. The first-order chi connectivity index (χ1) is 16.8. The van der Waals surface area contributed by atoms with Crippen LogP contribution in [0.5, 0.6) is 5.75 Å². The number of carbonyl (C=O) groups excluding carboxylic acids is 2. The maximum absolute atomic E-state index is 13.2. The zero-order chi connectivity index (χ0) is 25.1. The van der Waals surface area contributed by atoms with Gasteiger partial charge in [-0.2, -0.15) is 0 Å². The molecule has 1 saturated heterocycles. The van der Waals surface area contributed by atoms with Gasteiger partial charge in [-0.3, -0.25) is 9.59 Å². The lowest BCUT2D eigenvalue weighted by atomic mass is 9.95. The number of hydrogen-bond donors (Lipinski definition) is 1. The van der Waals surface area contributed by atoms with Crippen LogP contribution >= 0.6 is 34.8 Å². The number of ketones is 1. The van der Waals surface area contributed by atoms with Crippen LogP contribution in [0.2, 0.25) is 15.1 Å². The third-order valence-electron chi connectivity index (χ3n) is 5.68. The fourth-order valence-electron chi connectivity index (χ4n) is 4.06. The van der Waals surface area contributed by atoms with E-state index in [1.165, 1.54) is 11.0 Å². The molecule has 1 aromatic heterocycles. The van der Waals surface area contributed by atoms with E-state index in [1.54, 1.807) is 42.9 Å². The highest BCUT2D eigenvalue weighted by molar-refractivity contribution is 6.47. The van der Waals surface area contributed by atoms with Crippen molar-refractivity contribution < 1.29 is 19.4 Å². The average Bonchev–Trinajstić information content (AvgIpc) is 3.44. The molecule has 4 rings (SSSR count). The number of amides is 1. The molecule has 1 atom stereocenters. The molecule has 182 valence electrons. The van der Waals surface area contributed by atoms with E-state index in [0.29, 0.717) is 41.5 Å². The van der Waals surface area contributed by atoms with Crippen LogP contribution in [0.1, 0.15) is 30.5 Å². The molecule has 2 heterocycles. The van der Waals surface area contributed by atoms with Crippen LogP contribution in [-0.4, -0.2) is 44.4 Å². The van der Waals surface area contributed by atoms with E-state index in [9.17, 15) is 14.7 Å². The maximum Gasteiger partial charge on any atom is 0.295 e. The lowest BCUT2D eigenvalue weighted by molar-refractivity contribution is -0.139. The highest BCUT2D eigenvalue weighted by Crippen LogP contribution is 2.41. The summed E-state index contributed by atoms with van der Waals surface area (Å²) in [6, 6.07) is 8.73. The van der Waals surface area contributed by atoms with Crippen LogP contribution in [0.15, 0.2) is 60.7 Å². The van der Waals surface area contributed by atoms with E-state index in [1.807, 2.05) is 17.7 Å². The van der Waals surface area contributed by atoms with Gasteiger partial charge in [-0.05, 0) is 49.2 Å². The number of carbonyl (C=O) groups is 2. The monoisotopic (exact) mass is 533 g/mol. The molecule has 0 radical (unpaired) electrons. The van der Waals surface area contributed by atoms with Crippen molar-refractivity contribution in [3.63, 3.8) is 0 Å². The van der Waals surface area contributed by atoms with Crippen molar-refractivity contribution in [3.05, 3.63) is 86.9 Å². The number of imidazole rings is 1. The molecule has 0 saturated carbocycles. The summed E-state index contributed by atoms with van der Waals surface area (Å²) >= 11 is 18.7. The molecule has 0 spiro atoms. The zero-order valence-corrected chi connectivity index (χ0v) is 21.0. The first-order valence-electron chi connectivity index (χ1n) is 10.9. The van der Waals surface area contributed by atoms with Crippen molar-refractivity contribution in [2.75, 3.05) is 13.2 Å². The van der Waals surface area contributed by atoms with Gasteiger partial charge in [0.15, 0.2) is 0 Å². The Balaban J connectivity index is 1.76. The van der Waals surface area contributed by atoms with E-state index >= 15 is 0 Å². The highest BCUT2D eigenvalue weighted by Gasteiger charge is 2.46. The van der Waals surface area contributed by atoms with Crippen LogP contribution in [-0.2, 0) is 16.1 Å². The predicted molar refractivity (Wildman–Crippen MR) is 135 cm³/mol. The van der Waals surface area contributed by atoms with Gasteiger partial charge in [0, 0.05) is 31.0 Å². The normalized spacial score (nSPS) is 17.3. The number of aromatic nitrogens is 2. The van der Waals surface area contributed by atoms with Crippen molar-refractivity contribution in [2.24, 2.45) is 0 Å². The lowest BCUT2D eigenvalue weighted by Crippen LogP contribution is -2.31. The Kier molecular flexibility index (Phi) is 7.69. The van der Waals surface area contributed by atoms with E-state index in [2.05, 4.69) is 4.98 Å². The smallest absolute Gasteiger partial charge is 0.295 e. The van der Waals surface area contributed by atoms with Crippen LogP contribution in [0.3, 0.4) is 0 Å². The number of nitrogens with zero attached hydrogens (tertiary/aromatic N) is 3. The second-order valence-electron chi connectivity index (χ2n) is 7.90. The highest BCUT2D eigenvalue weighted by atomic mass is 35.5. The SMILES string of the molecule is CCOc1ccc(C(O)=C2C(=O)C(=O)N(CCCn3ccnc3)[C@H]2c2ccc(Cl)c(Cl)c2)cc1Cl. The lowest BCUT2D eigenvalue weighted by Gasteiger charge is -2.25. The van der Waals surface area contributed by atoms with E-state index in [-0.39, 0.29) is 27.9 Å². The molecule has 1 N–H and O–H groups in total. The minimum atomic E-state index is -0.849. The van der Waals surface area contributed by atoms with Crippen molar-refractivity contribution in [1.29, 1.82) is 0 Å². The van der Waals surface area contributed by atoms with Crippen LogP contribution in [0, 0.1) is 0 Å². The third kappa shape index (κ3) is 5.17. The second-order valence-corrected chi connectivity index (χ2v) is 9.12. The predicted octanol–water partition coefficient (Wildman–Crippen LogP) is 5.75. The first kappa shape index (κ1) is 25.1. The summed E-state index contributed by atoms with van der Waals surface area (Å²) in [5, 5.41) is 12.1. The minimum Gasteiger partial charge on any atom is -0.507 e. The van der Waals surface area contributed by atoms with E-state index in [0.717, 1.165) is 0 Å². The fourth-order valence-corrected chi connectivity index (χ4v) is 4.60. The maximum atomic E-state index is 13.2. The molecule has 35 heavy (non-hydrogen) atoms. The largest absolute Gasteiger partial charge is 0.507 e. The quantitative estimate of drug-likeness (QED) is 0.226. The topological polar surface area (TPSA) is 84.7 Å². The van der Waals surface area contributed by atoms with Gasteiger partial charge in [0.05, 0.1) is 39.6 Å². The molecular formula is C25H22Cl3N3O4. The molecule has 10 heteroatoms. The van der Waals surface area contributed by atoms with Gasteiger partial charge >= 0.3 is 0 Å². The molecule has 1 fully saturated rings. The van der Waals surface area contributed by atoms with Gasteiger partial charge in [0.2, 0.25) is 0 Å². The van der Waals surface area contributed by atoms with Crippen LogP contribution in [0.4, 0.5) is 0 Å². The Morgan fingerprint density at radius 3 is 2.51 bits per heavy atom. The first-order valence-corrected chi connectivity index (χ1v) is 12.1. The third-order valence-corrected chi connectivity index (χ3v) is 6.71. The number of aryl methyl sites for hydroxylation is 1. The number of likely N-dealkylation sites (tertiary alicyclic amines) is 1. The summed E-state index contributed by atoms with van der Waals surface area (Å²) in [6.45, 7) is 3.13. The number of halogens is 3. The van der Waals surface area contributed by atoms with Gasteiger partial charge in [0.1, 0.15) is 11.5 Å². The van der Waals surface area contributed by atoms with Crippen molar-refractivity contribution in [3.8, 4) is 5.75 Å². The number of ether oxygens (including phenoxy) is 1. The summed E-state index contributed by atoms with van der Waals surface area (Å²) < 4.78 is 7.33. The Labute approximate surface area is 217 Å². The summed E-state index contributed by atoms with van der Waals surface area (Å²) in [5.41, 5.74) is 0.802. The minimum absolute atomic E-state index is 0.0451. The molecule has 7 nitrogen and oxygen atoms in total. The van der Waals surface area contributed by atoms with E-state index < -0.39 is 17.7 Å². The summed E-state index contributed by atoms with van der Waals surface area (Å²) in [6.07, 6.45) is 5.74. The Bertz CT molecular complexity index is 1290. The number of rotatable bonds is 8. The Morgan fingerprint density at radius 1 is 1.06 bits per heavy atom. The van der Waals surface area contributed by atoms with Crippen molar-refractivity contribution in [2.45, 2.75) is 25.9 Å². The number of hydrogen-bond acceptors (Lipinski definition) is 5. The zero-order valence-electron chi connectivity index (χ0n) is 18.7. The van der Waals surface area contributed by atoms with Crippen molar-refractivity contribution >= 4 is 52.3 Å². The van der Waals surface area contributed by atoms with Gasteiger partial charge in [0.25, 0.3) is 11.7 Å². The molecule has 1 amide bonds. The fraction of sp³-hybridized carbons (Fsp3) is 0.240. The molecule has 2 aromatic carbocycles. The summed E-state index contributed by atoms with van der Waals surface area (Å²) in [4.78, 5) is 31.7. The molecule has 1 aliphatic rings. The van der Waals surface area contributed by atoms with Gasteiger partial charge in [-0.1, -0.05) is 40.9 Å². The Hall–Kier alpha value is -3.00.